The molecule has 0 bridgehead atoms. The van der Waals surface area contributed by atoms with Gasteiger partial charge in [-0.2, -0.15) is 0 Å². The van der Waals surface area contributed by atoms with Crippen LogP contribution in [-0.4, -0.2) is 12.3 Å². The number of hydrogen-bond acceptors (Lipinski definition) is 1. The van der Waals surface area contributed by atoms with Crippen molar-refractivity contribution in [3.05, 3.63) is 0 Å². The van der Waals surface area contributed by atoms with Crippen molar-refractivity contribution in [2.75, 3.05) is 12.3 Å². The molecule has 0 rings (SSSR count). The molecule has 0 amide bonds. The summed E-state index contributed by atoms with van der Waals surface area (Å²) in [5.41, 5.74) is 2.50. The third-order valence-electron chi connectivity index (χ3n) is 1.98. The highest BCUT2D eigenvalue weighted by molar-refractivity contribution is 7.68. The van der Waals surface area contributed by atoms with E-state index in [-0.39, 0.29) is 0 Å². The van der Waals surface area contributed by atoms with Gasteiger partial charge >= 0.3 is 0 Å². The van der Waals surface area contributed by atoms with Crippen molar-refractivity contribution >= 4 is 7.14 Å². The fourth-order valence-corrected chi connectivity index (χ4v) is 3.20. The Balaban J connectivity index is 3.90. The molecule has 0 aliphatic heterocycles. The summed E-state index contributed by atoms with van der Waals surface area (Å²) >= 11 is 0. The molecule has 0 N–H and O–H groups in total. The molecule has 0 radical (unpaired) electrons. The summed E-state index contributed by atoms with van der Waals surface area (Å²) in [6, 6.07) is 0. The van der Waals surface area contributed by atoms with Gasteiger partial charge in [-0.15, -0.1) is 6.42 Å². The average Bonchev–Trinajstić information content (AvgIpc) is 2.11. The van der Waals surface area contributed by atoms with Gasteiger partial charge in [-0.3, -0.25) is 0 Å². The Morgan fingerprint density at radius 2 is 1.58 bits per heavy atom. The molecule has 70 valence electrons. The van der Waals surface area contributed by atoms with Crippen LogP contribution in [0.1, 0.15) is 39.5 Å². The van der Waals surface area contributed by atoms with Crippen molar-refractivity contribution in [2.24, 2.45) is 0 Å². The minimum absolute atomic E-state index is 0.750. The van der Waals surface area contributed by atoms with Crippen molar-refractivity contribution < 1.29 is 4.57 Å². The van der Waals surface area contributed by atoms with Crippen LogP contribution in [0.25, 0.3) is 0 Å². The van der Waals surface area contributed by atoms with Gasteiger partial charge in [0, 0.05) is 12.3 Å². The molecule has 0 fully saturated rings. The normalized spacial score (nSPS) is 11.1. The average molecular weight is 186 g/mol. The Morgan fingerprint density at radius 1 is 1.17 bits per heavy atom. The molecule has 1 nitrogen and oxygen atoms in total. The smallest absolute Gasteiger partial charge is 0.154 e. The van der Waals surface area contributed by atoms with E-state index in [0.29, 0.717) is 0 Å². The van der Waals surface area contributed by atoms with E-state index >= 15 is 0 Å². The van der Waals surface area contributed by atoms with Crippen LogP contribution in [0.2, 0.25) is 0 Å². The standard InChI is InChI=1S/C10H19OP/c1-4-7-9-12(11,6-3)10-8-5-2/h3H,4-5,7-10H2,1-2H3. The van der Waals surface area contributed by atoms with E-state index in [0.717, 1.165) is 38.0 Å². The monoisotopic (exact) mass is 186 g/mol. The molecule has 12 heavy (non-hydrogen) atoms. The van der Waals surface area contributed by atoms with Crippen molar-refractivity contribution in [3.8, 4) is 12.1 Å². The van der Waals surface area contributed by atoms with Crippen LogP contribution >= 0.6 is 7.14 Å². The van der Waals surface area contributed by atoms with Gasteiger partial charge in [0.2, 0.25) is 0 Å². The zero-order valence-electron chi connectivity index (χ0n) is 8.18. The Labute approximate surface area is 76.3 Å². The predicted molar refractivity (Wildman–Crippen MR) is 56.0 cm³/mol. The predicted octanol–water partition coefficient (Wildman–Crippen LogP) is 3.54. The molecule has 0 aliphatic carbocycles. The zero-order chi connectivity index (χ0) is 9.45. The Hall–Kier alpha value is -0.210. The second-order valence-corrected chi connectivity index (χ2v) is 6.10. The lowest BCUT2D eigenvalue weighted by Gasteiger charge is -2.09. The first-order valence-electron chi connectivity index (χ1n) is 4.74. The molecular formula is C10H19OP. The summed E-state index contributed by atoms with van der Waals surface area (Å²) in [5, 5.41) is 0. The number of unbranched alkanes of at least 4 members (excludes halogenated alkanes) is 2. The lowest BCUT2D eigenvalue weighted by Crippen LogP contribution is -1.93. The maximum Gasteiger partial charge on any atom is 0.154 e. The highest BCUT2D eigenvalue weighted by atomic mass is 31.2. The van der Waals surface area contributed by atoms with E-state index in [9.17, 15) is 4.57 Å². The number of terminal acetylenes is 1. The maximum absolute atomic E-state index is 11.9. The lowest BCUT2D eigenvalue weighted by atomic mass is 10.4. The summed E-state index contributed by atoms with van der Waals surface area (Å²) in [6.07, 6.45) is 10.9. The van der Waals surface area contributed by atoms with Gasteiger partial charge in [-0.1, -0.05) is 26.7 Å². The fraction of sp³-hybridized carbons (Fsp3) is 0.800. The van der Waals surface area contributed by atoms with Gasteiger partial charge in [-0.25, -0.2) is 0 Å². The molecule has 0 saturated carbocycles. The Kier molecular flexibility index (Phi) is 6.21. The summed E-state index contributed by atoms with van der Waals surface area (Å²) in [4.78, 5) is 0. The summed E-state index contributed by atoms with van der Waals surface area (Å²) < 4.78 is 11.9. The van der Waals surface area contributed by atoms with Crippen LogP contribution in [0.3, 0.4) is 0 Å². The van der Waals surface area contributed by atoms with E-state index in [2.05, 4.69) is 19.5 Å². The highest BCUT2D eigenvalue weighted by Gasteiger charge is 2.16. The van der Waals surface area contributed by atoms with Gasteiger partial charge in [-0.05, 0) is 18.5 Å². The quantitative estimate of drug-likeness (QED) is 0.458. The zero-order valence-corrected chi connectivity index (χ0v) is 9.07. The van der Waals surface area contributed by atoms with Crippen molar-refractivity contribution in [3.63, 3.8) is 0 Å². The molecular weight excluding hydrogens is 167 g/mol. The van der Waals surface area contributed by atoms with Gasteiger partial charge in [0.05, 0.1) is 0 Å². The highest BCUT2D eigenvalue weighted by Crippen LogP contribution is 2.45. The Morgan fingerprint density at radius 3 is 1.83 bits per heavy atom. The number of rotatable bonds is 6. The van der Waals surface area contributed by atoms with Crippen LogP contribution in [0.15, 0.2) is 0 Å². The molecule has 0 saturated heterocycles. The van der Waals surface area contributed by atoms with Gasteiger partial charge in [0.15, 0.2) is 7.14 Å². The van der Waals surface area contributed by atoms with Gasteiger partial charge < -0.3 is 4.57 Å². The minimum atomic E-state index is -2.21. The van der Waals surface area contributed by atoms with Gasteiger partial charge in [0.1, 0.15) is 0 Å². The maximum atomic E-state index is 11.9. The van der Waals surface area contributed by atoms with Gasteiger partial charge in [0.25, 0.3) is 0 Å². The first kappa shape index (κ1) is 11.8. The molecule has 0 aliphatic rings. The van der Waals surface area contributed by atoms with E-state index in [1.54, 1.807) is 0 Å². The van der Waals surface area contributed by atoms with Crippen LogP contribution in [0.4, 0.5) is 0 Å². The molecule has 0 aromatic heterocycles. The van der Waals surface area contributed by atoms with Crippen molar-refractivity contribution in [1.29, 1.82) is 0 Å². The molecule has 0 aromatic rings. The SMILES string of the molecule is C#CP(=O)(CCCC)CCCC. The molecule has 0 spiro atoms. The van der Waals surface area contributed by atoms with Crippen LogP contribution in [0, 0.1) is 12.1 Å². The first-order valence-corrected chi connectivity index (χ1v) is 6.82. The van der Waals surface area contributed by atoms with Crippen LogP contribution in [-0.2, 0) is 4.57 Å². The summed E-state index contributed by atoms with van der Waals surface area (Å²) in [5.74, 6) is 0. The van der Waals surface area contributed by atoms with E-state index in [1.807, 2.05) is 0 Å². The van der Waals surface area contributed by atoms with Crippen LogP contribution in [0.5, 0.6) is 0 Å². The molecule has 2 heteroatoms. The van der Waals surface area contributed by atoms with E-state index in [1.165, 1.54) is 0 Å². The second kappa shape index (κ2) is 6.32. The third-order valence-corrected chi connectivity index (χ3v) is 4.53. The molecule has 0 unspecified atom stereocenters. The van der Waals surface area contributed by atoms with E-state index in [4.69, 9.17) is 6.42 Å². The summed E-state index contributed by atoms with van der Waals surface area (Å²) in [7, 11) is -2.21. The molecule has 0 heterocycles. The fourth-order valence-electron chi connectivity index (χ4n) is 1.07. The van der Waals surface area contributed by atoms with Crippen LogP contribution < -0.4 is 0 Å². The Bertz CT molecular complexity index is 179. The first-order chi connectivity index (χ1) is 5.68. The lowest BCUT2D eigenvalue weighted by molar-refractivity contribution is 0.577. The minimum Gasteiger partial charge on any atom is -0.310 e. The molecule has 0 atom stereocenters. The van der Waals surface area contributed by atoms with E-state index < -0.39 is 7.14 Å². The summed E-state index contributed by atoms with van der Waals surface area (Å²) in [6.45, 7) is 4.20. The molecule has 0 aromatic carbocycles. The van der Waals surface area contributed by atoms with Crippen molar-refractivity contribution in [2.45, 2.75) is 39.5 Å². The largest absolute Gasteiger partial charge is 0.310 e. The van der Waals surface area contributed by atoms with Crippen molar-refractivity contribution in [1.82, 2.24) is 0 Å². The number of hydrogen-bond donors (Lipinski definition) is 0. The third kappa shape index (κ3) is 4.62. The topological polar surface area (TPSA) is 17.1 Å². The second-order valence-electron chi connectivity index (χ2n) is 3.17.